The van der Waals surface area contributed by atoms with Gasteiger partial charge in [-0.05, 0) is 34.8 Å². The van der Waals surface area contributed by atoms with Crippen molar-refractivity contribution >= 4 is 26.0 Å². The Balaban J connectivity index is 2.42. The van der Waals surface area contributed by atoms with Crippen molar-refractivity contribution in [3.05, 3.63) is 16.7 Å². The van der Waals surface area contributed by atoms with Crippen molar-refractivity contribution in [1.82, 2.24) is 9.29 Å². The van der Waals surface area contributed by atoms with Crippen LogP contribution in [0.3, 0.4) is 0 Å². The number of sulfonamides is 1. The summed E-state index contributed by atoms with van der Waals surface area (Å²) in [6.07, 6.45) is 4.42. The third-order valence-electron chi connectivity index (χ3n) is 2.91. The number of nitrogens with zero attached hydrogens (tertiary/aromatic N) is 2. The van der Waals surface area contributed by atoms with Crippen LogP contribution in [0.1, 0.15) is 19.3 Å². The van der Waals surface area contributed by atoms with E-state index in [2.05, 4.69) is 20.9 Å². The first-order valence-electron chi connectivity index (χ1n) is 5.75. The van der Waals surface area contributed by atoms with Gasteiger partial charge in [0.15, 0.2) is 0 Å². The van der Waals surface area contributed by atoms with Crippen LogP contribution >= 0.6 is 15.9 Å². The first kappa shape index (κ1) is 13.8. The minimum Gasteiger partial charge on any atom is -0.480 e. The van der Waals surface area contributed by atoms with E-state index in [1.165, 1.54) is 23.7 Å². The van der Waals surface area contributed by atoms with Gasteiger partial charge in [-0.25, -0.2) is 13.4 Å². The average Bonchev–Trinajstić information content (AvgIpc) is 2.39. The topological polar surface area (TPSA) is 59.5 Å². The molecule has 1 aromatic rings. The van der Waals surface area contributed by atoms with Gasteiger partial charge in [0.25, 0.3) is 0 Å². The molecule has 1 aromatic heterocycles. The van der Waals surface area contributed by atoms with Crippen molar-refractivity contribution in [3.8, 4) is 5.88 Å². The molecule has 1 saturated heterocycles. The summed E-state index contributed by atoms with van der Waals surface area (Å²) in [5.41, 5.74) is 0. The summed E-state index contributed by atoms with van der Waals surface area (Å²) in [4.78, 5) is 4.11. The van der Waals surface area contributed by atoms with Crippen molar-refractivity contribution in [3.63, 3.8) is 0 Å². The Bertz CT molecular complexity index is 527. The largest absolute Gasteiger partial charge is 0.480 e. The van der Waals surface area contributed by atoms with Gasteiger partial charge in [-0.15, -0.1) is 0 Å². The molecule has 0 spiro atoms. The van der Waals surface area contributed by atoms with Gasteiger partial charge >= 0.3 is 0 Å². The summed E-state index contributed by atoms with van der Waals surface area (Å²) in [6.45, 7) is 1.13. The van der Waals surface area contributed by atoms with Gasteiger partial charge in [-0.2, -0.15) is 4.31 Å². The van der Waals surface area contributed by atoms with E-state index in [1.807, 2.05) is 0 Å². The highest BCUT2D eigenvalue weighted by Gasteiger charge is 2.29. The number of methoxy groups -OCH3 is 1. The Morgan fingerprint density at radius 1 is 1.33 bits per heavy atom. The SMILES string of the molecule is COc1ncc(Br)cc1S(=O)(=O)N1CCCCC1. The van der Waals surface area contributed by atoms with Crippen LogP contribution < -0.4 is 4.74 Å². The van der Waals surface area contributed by atoms with E-state index < -0.39 is 10.0 Å². The molecule has 0 amide bonds. The van der Waals surface area contributed by atoms with Crippen molar-refractivity contribution in [1.29, 1.82) is 0 Å². The minimum absolute atomic E-state index is 0.126. The molecule has 0 N–H and O–H groups in total. The van der Waals surface area contributed by atoms with Crippen LogP contribution in [0.15, 0.2) is 21.6 Å². The fourth-order valence-corrected chi connectivity index (χ4v) is 4.12. The summed E-state index contributed by atoms with van der Waals surface area (Å²) in [5.74, 6) is 0.142. The Labute approximate surface area is 115 Å². The molecule has 0 saturated carbocycles. The first-order chi connectivity index (χ1) is 8.55. The Hall–Kier alpha value is -0.660. The maximum absolute atomic E-state index is 12.5. The van der Waals surface area contributed by atoms with Gasteiger partial charge in [0.2, 0.25) is 15.9 Å². The zero-order valence-corrected chi connectivity index (χ0v) is 12.5. The molecule has 1 aliphatic heterocycles. The lowest BCUT2D eigenvalue weighted by Crippen LogP contribution is -2.35. The standard InChI is InChI=1S/C11H15BrN2O3S/c1-17-11-10(7-9(12)8-13-11)18(15,16)14-5-3-2-4-6-14/h7-8H,2-6H2,1H3. The van der Waals surface area contributed by atoms with Crippen molar-refractivity contribution < 1.29 is 13.2 Å². The highest BCUT2D eigenvalue weighted by atomic mass is 79.9. The van der Waals surface area contributed by atoms with Gasteiger partial charge in [0.05, 0.1) is 7.11 Å². The molecule has 0 unspecified atom stereocenters. The number of piperidine rings is 1. The van der Waals surface area contributed by atoms with E-state index in [-0.39, 0.29) is 10.8 Å². The molecule has 1 aliphatic rings. The van der Waals surface area contributed by atoms with E-state index in [1.54, 1.807) is 0 Å². The van der Waals surface area contributed by atoms with Crippen molar-refractivity contribution in [2.24, 2.45) is 0 Å². The summed E-state index contributed by atoms with van der Waals surface area (Å²) < 4.78 is 32.2. The van der Waals surface area contributed by atoms with Crippen molar-refractivity contribution in [2.45, 2.75) is 24.2 Å². The van der Waals surface area contributed by atoms with E-state index in [0.717, 1.165) is 19.3 Å². The summed E-state index contributed by atoms with van der Waals surface area (Å²) in [6, 6.07) is 1.54. The molecule has 2 rings (SSSR count). The lowest BCUT2D eigenvalue weighted by Gasteiger charge is -2.26. The second-order valence-electron chi connectivity index (χ2n) is 4.13. The number of aromatic nitrogens is 1. The van der Waals surface area contributed by atoms with E-state index >= 15 is 0 Å². The highest BCUT2D eigenvalue weighted by Crippen LogP contribution is 2.28. The highest BCUT2D eigenvalue weighted by molar-refractivity contribution is 9.10. The number of hydrogen-bond donors (Lipinski definition) is 0. The van der Waals surface area contributed by atoms with E-state index in [9.17, 15) is 8.42 Å². The van der Waals surface area contributed by atoms with Gasteiger partial charge in [-0.3, -0.25) is 0 Å². The first-order valence-corrected chi connectivity index (χ1v) is 7.98. The fraction of sp³-hybridized carbons (Fsp3) is 0.545. The van der Waals surface area contributed by atoms with Gasteiger partial charge in [0.1, 0.15) is 4.90 Å². The third-order valence-corrected chi connectivity index (χ3v) is 5.24. The van der Waals surface area contributed by atoms with E-state index in [4.69, 9.17) is 4.74 Å². The number of rotatable bonds is 3. The minimum atomic E-state index is -3.51. The normalized spacial score (nSPS) is 17.7. The van der Waals surface area contributed by atoms with Crippen molar-refractivity contribution in [2.75, 3.05) is 20.2 Å². The van der Waals surface area contributed by atoms with Crippen LogP contribution in [0.4, 0.5) is 0 Å². The molecule has 18 heavy (non-hydrogen) atoms. The molecule has 5 nitrogen and oxygen atoms in total. The number of ether oxygens (including phenoxy) is 1. The van der Waals surface area contributed by atoms with Gasteiger partial charge in [-0.1, -0.05) is 6.42 Å². The van der Waals surface area contributed by atoms with Gasteiger partial charge in [0, 0.05) is 23.8 Å². The van der Waals surface area contributed by atoms with Gasteiger partial charge < -0.3 is 4.74 Å². The molecular weight excluding hydrogens is 320 g/mol. The van der Waals surface area contributed by atoms with Crippen LogP contribution in [-0.2, 0) is 10.0 Å². The zero-order chi connectivity index (χ0) is 13.2. The van der Waals surface area contributed by atoms with Crippen LogP contribution in [0.2, 0.25) is 0 Å². The average molecular weight is 335 g/mol. The smallest absolute Gasteiger partial charge is 0.248 e. The molecule has 7 heteroatoms. The molecule has 100 valence electrons. The molecule has 0 bridgehead atoms. The third kappa shape index (κ3) is 2.67. The predicted octanol–water partition coefficient (Wildman–Crippen LogP) is 2.03. The fourth-order valence-electron chi connectivity index (χ4n) is 1.99. The second kappa shape index (κ2) is 5.54. The summed E-state index contributed by atoms with van der Waals surface area (Å²) >= 11 is 3.24. The Kier molecular flexibility index (Phi) is 4.24. The monoisotopic (exact) mass is 334 g/mol. The number of halogens is 1. The zero-order valence-electron chi connectivity index (χ0n) is 10.1. The summed E-state index contributed by atoms with van der Waals surface area (Å²) in [7, 11) is -2.09. The molecule has 0 radical (unpaired) electrons. The van der Waals surface area contributed by atoms with E-state index in [0.29, 0.717) is 17.6 Å². The van der Waals surface area contributed by atoms with Crippen LogP contribution in [0.25, 0.3) is 0 Å². The van der Waals surface area contributed by atoms with Crippen LogP contribution in [0.5, 0.6) is 5.88 Å². The quantitative estimate of drug-likeness (QED) is 0.848. The second-order valence-corrected chi connectivity index (χ2v) is 6.95. The molecular formula is C11H15BrN2O3S. The molecule has 1 fully saturated rings. The molecule has 0 aliphatic carbocycles. The Morgan fingerprint density at radius 3 is 2.61 bits per heavy atom. The van der Waals surface area contributed by atoms with Crippen LogP contribution in [0, 0.1) is 0 Å². The number of hydrogen-bond acceptors (Lipinski definition) is 4. The molecule has 0 atom stereocenters. The maximum atomic E-state index is 12.5. The predicted molar refractivity (Wildman–Crippen MR) is 71.1 cm³/mol. The maximum Gasteiger partial charge on any atom is 0.248 e. The lowest BCUT2D eigenvalue weighted by molar-refractivity contribution is 0.340. The lowest BCUT2D eigenvalue weighted by atomic mass is 10.2. The molecule has 0 aromatic carbocycles. The number of pyridine rings is 1. The molecule has 2 heterocycles. The Morgan fingerprint density at radius 2 is 2.00 bits per heavy atom. The summed E-state index contributed by atoms with van der Waals surface area (Å²) in [5, 5.41) is 0. The van der Waals surface area contributed by atoms with Crippen LogP contribution in [-0.4, -0.2) is 37.9 Å².